The van der Waals surface area contributed by atoms with Crippen LogP contribution in [0, 0.1) is 5.82 Å². The van der Waals surface area contributed by atoms with Crippen molar-refractivity contribution >= 4 is 11.9 Å². The van der Waals surface area contributed by atoms with Crippen molar-refractivity contribution in [2.45, 2.75) is 25.3 Å². The molecule has 6 heteroatoms. The highest BCUT2D eigenvalue weighted by molar-refractivity contribution is 5.94. The van der Waals surface area contributed by atoms with E-state index < -0.39 is 17.9 Å². The maximum absolute atomic E-state index is 12.9. The molecule has 2 rings (SSSR count). The number of hydrogen-bond donors (Lipinski definition) is 2. The first-order valence-electron chi connectivity index (χ1n) is 7.80. The number of hydrogen-bond acceptors (Lipinski definition) is 3. The van der Waals surface area contributed by atoms with Gasteiger partial charge in [-0.15, -0.1) is 0 Å². The quantitative estimate of drug-likeness (QED) is 0.723. The van der Waals surface area contributed by atoms with E-state index in [1.54, 1.807) is 30.5 Å². The number of pyridine rings is 1. The average molecular weight is 342 g/mol. The van der Waals surface area contributed by atoms with Crippen LogP contribution in [0.4, 0.5) is 4.39 Å². The van der Waals surface area contributed by atoms with E-state index in [0.29, 0.717) is 24.0 Å². The van der Waals surface area contributed by atoms with E-state index in [9.17, 15) is 14.0 Å². The number of aliphatic carboxylic acids is 1. The molecule has 130 valence electrons. The molecule has 0 bridgehead atoms. The van der Waals surface area contributed by atoms with Gasteiger partial charge in [-0.3, -0.25) is 14.6 Å². The summed E-state index contributed by atoms with van der Waals surface area (Å²) in [5.74, 6) is -1.74. The van der Waals surface area contributed by atoms with E-state index in [-0.39, 0.29) is 12.2 Å². The lowest BCUT2D eigenvalue weighted by Crippen LogP contribution is -2.38. The molecule has 1 aromatic heterocycles. The number of aromatic nitrogens is 1. The highest BCUT2D eigenvalue weighted by Gasteiger charge is 2.19. The smallest absolute Gasteiger partial charge is 0.305 e. The van der Waals surface area contributed by atoms with Gasteiger partial charge in [-0.25, -0.2) is 4.39 Å². The van der Waals surface area contributed by atoms with Crippen molar-refractivity contribution in [2.24, 2.45) is 0 Å². The summed E-state index contributed by atoms with van der Waals surface area (Å²) >= 11 is 0. The minimum absolute atomic E-state index is 0.256. The Hall–Kier alpha value is -3.02. The molecule has 0 aliphatic carbocycles. The van der Waals surface area contributed by atoms with Gasteiger partial charge in [0, 0.05) is 12.4 Å². The van der Waals surface area contributed by atoms with E-state index in [1.165, 1.54) is 18.3 Å². The fourth-order valence-electron chi connectivity index (χ4n) is 2.34. The number of carboxylic acid groups (broad SMARTS) is 1. The normalized spacial score (nSPS) is 11.6. The Morgan fingerprint density at radius 3 is 2.56 bits per heavy atom. The second-order valence-electron chi connectivity index (χ2n) is 5.65. The second-order valence-corrected chi connectivity index (χ2v) is 5.65. The van der Waals surface area contributed by atoms with E-state index >= 15 is 0 Å². The predicted molar refractivity (Wildman–Crippen MR) is 91.6 cm³/mol. The Morgan fingerprint density at radius 2 is 1.96 bits per heavy atom. The summed E-state index contributed by atoms with van der Waals surface area (Å²) in [6.07, 6.45) is 3.77. The molecule has 2 aromatic rings. The van der Waals surface area contributed by atoms with Gasteiger partial charge in [0.2, 0.25) is 0 Å². The van der Waals surface area contributed by atoms with Crippen LogP contribution in [0.25, 0.3) is 0 Å². The third-order valence-electron chi connectivity index (χ3n) is 3.75. The number of carboxylic acids is 1. The van der Waals surface area contributed by atoms with Crippen LogP contribution < -0.4 is 5.32 Å². The van der Waals surface area contributed by atoms with Crippen molar-refractivity contribution < 1.29 is 19.1 Å². The number of amides is 1. The van der Waals surface area contributed by atoms with Crippen LogP contribution in [0.5, 0.6) is 0 Å². The molecule has 0 aliphatic heterocycles. The third kappa shape index (κ3) is 5.84. The van der Waals surface area contributed by atoms with Gasteiger partial charge in [0.05, 0.1) is 18.0 Å². The summed E-state index contributed by atoms with van der Waals surface area (Å²) < 4.78 is 12.9. The summed E-state index contributed by atoms with van der Waals surface area (Å²) in [7, 11) is 0. The highest BCUT2D eigenvalue weighted by Crippen LogP contribution is 2.15. The highest BCUT2D eigenvalue weighted by atomic mass is 19.1. The van der Waals surface area contributed by atoms with E-state index in [4.69, 9.17) is 5.11 Å². The summed E-state index contributed by atoms with van der Waals surface area (Å²) in [6.45, 7) is 3.92. The molecule has 1 unspecified atom stereocenters. The van der Waals surface area contributed by atoms with E-state index in [0.717, 1.165) is 5.56 Å². The maximum atomic E-state index is 12.9. The SMILES string of the molecule is C=C(CCc1ccc(F)cc1)C(CC(=O)O)NC(=O)c1cccnc1. The zero-order chi connectivity index (χ0) is 18.2. The molecule has 1 heterocycles. The zero-order valence-electron chi connectivity index (χ0n) is 13.6. The van der Waals surface area contributed by atoms with Crippen LogP contribution in [0.2, 0.25) is 0 Å². The van der Waals surface area contributed by atoms with Gasteiger partial charge in [-0.05, 0) is 42.7 Å². The molecule has 0 aliphatic rings. The molecular weight excluding hydrogens is 323 g/mol. The minimum atomic E-state index is -1.03. The number of carbonyl (C=O) groups is 2. The largest absolute Gasteiger partial charge is 0.481 e. The minimum Gasteiger partial charge on any atom is -0.481 e. The van der Waals surface area contributed by atoms with Crippen molar-refractivity contribution in [3.63, 3.8) is 0 Å². The van der Waals surface area contributed by atoms with Crippen molar-refractivity contribution in [1.82, 2.24) is 10.3 Å². The molecule has 5 nitrogen and oxygen atoms in total. The summed E-state index contributed by atoms with van der Waals surface area (Å²) in [5, 5.41) is 11.8. The summed E-state index contributed by atoms with van der Waals surface area (Å²) in [4.78, 5) is 27.2. The lowest BCUT2D eigenvalue weighted by Gasteiger charge is -2.20. The molecule has 0 radical (unpaired) electrons. The number of rotatable bonds is 8. The Kier molecular flexibility index (Phi) is 6.39. The summed E-state index contributed by atoms with van der Waals surface area (Å²) in [6, 6.07) is 8.62. The number of nitrogens with one attached hydrogen (secondary N) is 1. The Balaban J connectivity index is 2.00. The number of halogens is 1. The predicted octanol–water partition coefficient (Wildman–Crippen LogP) is 2.98. The molecule has 0 fully saturated rings. The standard InChI is InChI=1S/C19H19FN2O3/c1-13(4-5-14-6-8-16(20)9-7-14)17(11-18(23)24)22-19(25)15-3-2-10-21-12-15/h2-3,6-10,12,17H,1,4-5,11H2,(H,22,25)(H,23,24). The van der Waals surface area contributed by atoms with E-state index in [2.05, 4.69) is 16.9 Å². The second kappa shape index (κ2) is 8.73. The molecule has 25 heavy (non-hydrogen) atoms. The fraction of sp³-hybridized carbons (Fsp3) is 0.211. The maximum Gasteiger partial charge on any atom is 0.305 e. The fourth-order valence-corrected chi connectivity index (χ4v) is 2.34. The molecular formula is C19H19FN2O3. The van der Waals surface area contributed by atoms with Crippen molar-refractivity contribution in [2.75, 3.05) is 0 Å². The van der Waals surface area contributed by atoms with Gasteiger partial charge >= 0.3 is 5.97 Å². The average Bonchev–Trinajstić information content (AvgIpc) is 2.60. The lowest BCUT2D eigenvalue weighted by atomic mass is 9.97. The molecule has 2 N–H and O–H groups in total. The van der Waals surface area contributed by atoms with Gasteiger partial charge in [0.1, 0.15) is 5.82 Å². The van der Waals surface area contributed by atoms with Gasteiger partial charge in [0.25, 0.3) is 5.91 Å². The van der Waals surface area contributed by atoms with Crippen LogP contribution >= 0.6 is 0 Å². The Labute approximate surface area is 145 Å². The van der Waals surface area contributed by atoms with Crippen LogP contribution in [-0.2, 0) is 11.2 Å². The third-order valence-corrected chi connectivity index (χ3v) is 3.75. The number of benzene rings is 1. The molecule has 1 aromatic carbocycles. The first-order chi connectivity index (χ1) is 12.0. The van der Waals surface area contributed by atoms with Gasteiger partial charge < -0.3 is 10.4 Å². The monoisotopic (exact) mass is 342 g/mol. The van der Waals surface area contributed by atoms with Crippen LogP contribution in [0.15, 0.2) is 60.9 Å². The number of aryl methyl sites for hydroxylation is 1. The topological polar surface area (TPSA) is 79.3 Å². The number of carbonyl (C=O) groups excluding carboxylic acids is 1. The molecule has 0 spiro atoms. The Morgan fingerprint density at radius 1 is 1.24 bits per heavy atom. The molecule has 0 saturated heterocycles. The van der Waals surface area contributed by atoms with E-state index in [1.807, 2.05) is 0 Å². The van der Waals surface area contributed by atoms with Crippen LogP contribution in [-0.4, -0.2) is 28.0 Å². The van der Waals surface area contributed by atoms with Gasteiger partial charge in [-0.1, -0.05) is 24.3 Å². The molecule has 0 saturated carbocycles. The van der Waals surface area contributed by atoms with Crippen molar-refractivity contribution in [1.29, 1.82) is 0 Å². The number of nitrogens with zero attached hydrogens (tertiary/aromatic N) is 1. The summed E-state index contributed by atoms with van der Waals surface area (Å²) in [5.41, 5.74) is 1.86. The lowest BCUT2D eigenvalue weighted by molar-refractivity contribution is -0.137. The zero-order valence-corrected chi connectivity index (χ0v) is 13.6. The van der Waals surface area contributed by atoms with Crippen LogP contribution in [0.3, 0.4) is 0 Å². The van der Waals surface area contributed by atoms with Crippen LogP contribution in [0.1, 0.15) is 28.8 Å². The van der Waals surface area contributed by atoms with Gasteiger partial charge in [-0.2, -0.15) is 0 Å². The Bertz CT molecular complexity index is 745. The van der Waals surface area contributed by atoms with Gasteiger partial charge in [0.15, 0.2) is 0 Å². The van der Waals surface area contributed by atoms with Crippen molar-refractivity contribution in [3.8, 4) is 0 Å². The molecule has 1 atom stereocenters. The first kappa shape index (κ1) is 18.3. The first-order valence-corrected chi connectivity index (χ1v) is 7.80. The van der Waals surface area contributed by atoms with Crippen molar-refractivity contribution in [3.05, 3.63) is 77.9 Å². The molecule has 1 amide bonds.